The fraction of sp³-hybridized carbons (Fsp3) is 0.500. The Hall–Kier alpha value is -1.40. The van der Waals surface area contributed by atoms with E-state index in [-0.39, 0.29) is 36.0 Å². The Morgan fingerprint density at radius 1 is 1.43 bits per heavy atom. The van der Waals surface area contributed by atoms with Crippen molar-refractivity contribution in [2.45, 2.75) is 38.3 Å². The van der Waals surface area contributed by atoms with Crippen LogP contribution >= 0.6 is 12.4 Å². The predicted molar refractivity (Wildman–Crippen MR) is 78.9 cm³/mol. The van der Waals surface area contributed by atoms with Gasteiger partial charge in [-0.2, -0.15) is 8.78 Å². The van der Waals surface area contributed by atoms with Crippen molar-refractivity contribution in [2.24, 2.45) is 11.7 Å². The van der Waals surface area contributed by atoms with Crippen LogP contribution in [0.15, 0.2) is 24.3 Å². The van der Waals surface area contributed by atoms with Crippen LogP contribution in [0.2, 0.25) is 0 Å². The van der Waals surface area contributed by atoms with Crippen molar-refractivity contribution < 1.29 is 18.3 Å². The Bertz CT molecular complexity index is 474. The second-order valence-corrected chi connectivity index (χ2v) is 5.01. The van der Waals surface area contributed by atoms with Crippen LogP contribution in [0.5, 0.6) is 5.75 Å². The van der Waals surface area contributed by atoms with Crippen LogP contribution in [-0.2, 0) is 4.79 Å². The van der Waals surface area contributed by atoms with Crippen LogP contribution in [0.4, 0.5) is 14.5 Å². The largest absolute Gasteiger partial charge is 0.435 e. The van der Waals surface area contributed by atoms with Gasteiger partial charge in [-0.25, -0.2) is 0 Å². The molecule has 2 rings (SSSR count). The SMILES string of the molecule is Cl.N[C@@H]1CCC[C@H]1CC(=O)Nc1cccc(OC(F)F)c1. The van der Waals surface area contributed by atoms with Crippen LogP contribution < -0.4 is 15.8 Å². The maximum Gasteiger partial charge on any atom is 0.387 e. The van der Waals surface area contributed by atoms with Crippen molar-refractivity contribution in [3.8, 4) is 5.75 Å². The number of halogens is 3. The lowest BCUT2D eigenvalue weighted by Gasteiger charge is -2.15. The van der Waals surface area contributed by atoms with E-state index in [9.17, 15) is 13.6 Å². The molecule has 21 heavy (non-hydrogen) atoms. The van der Waals surface area contributed by atoms with Crippen LogP contribution in [0.3, 0.4) is 0 Å². The van der Waals surface area contributed by atoms with Crippen LogP contribution in [-0.4, -0.2) is 18.6 Å². The van der Waals surface area contributed by atoms with Crippen molar-refractivity contribution in [1.29, 1.82) is 0 Å². The molecule has 0 heterocycles. The van der Waals surface area contributed by atoms with Crippen molar-refractivity contribution in [1.82, 2.24) is 0 Å². The lowest BCUT2D eigenvalue weighted by molar-refractivity contribution is -0.117. The summed E-state index contributed by atoms with van der Waals surface area (Å²) < 4.78 is 28.5. The molecule has 118 valence electrons. The van der Waals surface area contributed by atoms with Crippen molar-refractivity contribution >= 4 is 24.0 Å². The molecule has 0 unspecified atom stereocenters. The first kappa shape index (κ1) is 17.7. The summed E-state index contributed by atoms with van der Waals surface area (Å²) >= 11 is 0. The van der Waals surface area contributed by atoms with E-state index in [0.717, 1.165) is 19.3 Å². The third-order valence-corrected chi connectivity index (χ3v) is 3.51. The summed E-state index contributed by atoms with van der Waals surface area (Å²) in [6.45, 7) is -2.88. The van der Waals surface area contributed by atoms with E-state index in [1.165, 1.54) is 12.1 Å². The van der Waals surface area contributed by atoms with Crippen LogP contribution in [0.1, 0.15) is 25.7 Å². The number of amides is 1. The summed E-state index contributed by atoms with van der Waals surface area (Å²) in [7, 11) is 0. The van der Waals surface area contributed by atoms with Crippen LogP contribution in [0, 0.1) is 5.92 Å². The zero-order valence-corrected chi connectivity index (χ0v) is 12.2. The molecule has 1 aliphatic carbocycles. The minimum atomic E-state index is -2.88. The van der Waals surface area contributed by atoms with Gasteiger partial charge in [0.2, 0.25) is 5.91 Å². The third kappa shape index (κ3) is 5.47. The van der Waals surface area contributed by atoms with Gasteiger partial charge in [-0.05, 0) is 30.9 Å². The normalized spacial score (nSPS) is 21.0. The number of carbonyl (C=O) groups excluding carboxylic acids is 1. The summed E-state index contributed by atoms with van der Waals surface area (Å²) in [4.78, 5) is 11.9. The van der Waals surface area contributed by atoms with Gasteiger partial charge < -0.3 is 15.8 Å². The molecule has 3 N–H and O–H groups in total. The number of carbonyl (C=O) groups is 1. The monoisotopic (exact) mass is 320 g/mol. The molecule has 1 fully saturated rings. The van der Waals surface area contributed by atoms with Gasteiger partial charge in [0.15, 0.2) is 0 Å². The second-order valence-electron chi connectivity index (χ2n) is 5.01. The van der Waals surface area contributed by atoms with Crippen molar-refractivity contribution in [3.05, 3.63) is 24.3 Å². The summed E-state index contributed by atoms with van der Waals surface area (Å²) in [6, 6.07) is 6.04. The number of ether oxygens (including phenoxy) is 1. The van der Waals surface area contributed by atoms with Gasteiger partial charge in [0.25, 0.3) is 0 Å². The number of nitrogens with two attached hydrogens (primary N) is 1. The molecule has 0 radical (unpaired) electrons. The fourth-order valence-corrected chi connectivity index (χ4v) is 2.52. The first-order valence-electron chi connectivity index (χ1n) is 6.65. The van der Waals surface area contributed by atoms with Gasteiger partial charge >= 0.3 is 6.61 Å². The fourth-order valence-electron chi connectivity index (χ4n) is 2.52. The average molecular weight is 321 g/mol. The van der Waals surface area contributed by atoms with Crippen molar-refractivity contribution in [2.75, 3.05) is 5.32 Å². The summed E-state index contributed by atoms with van der Waals surface area (Å²) in [5.41, 5.74) is 6.36. The molecule has 2 atom stereocenters. The molecular weight excluding hydrogens is 302 g/mol. The van der Waals surface area contributed by atoms with E-state index >= 15 is 0 Å². The Balaban J connectivity index is 0.00000220. The zero-order valence-electron chi connectivity index (χ0n) is 11.4. The number of benzene rings is 1. The van der Waals surface area contributed by atoms with Crippen molar-refractivity contribution in [3.63, 3.8) is 0 Å². The second kappa shape index (κ2) is 8.14. The number of hydrogen-bond donors (Lipinski definition) is 2. The molecular formula is C14H19ClF2N2O2. The smallest absolute Gasteiger partial charge is 0.387 e. The van der Waals surface area contributed by atoms with Gasteiger partial charge in [-0.3, -0.25) is 4.79 Å². The Morgan fingerprint density at radius 3 is 2.81 bits per heavy atom. The molecule has 0 aliphatic heterocycles. The van der Waals surface area contributed by atoms with Gasteiger partial charge in [0, 0.05) is 24.2 Å². The quantitative estimate of drug-likeness (QED) is 0.876. The highest BCUT2D eigenvalue weighted by molar-refractivity contribution is 5.91. The number of nitrogens with one attached hydrogen (secondary N) is 1. The summed E-state index contributed by atoms with van der Waals surface area (Å²) in [5.74, 6) is 0.0763. The highest BCUT2D eigenvalue weighted by atomic mass is 35.5. The maximum absolute atomic E-state index is 12.1. The van der Waals surface area contributed by atoms with E-state index < -0.39 is 6.61 Å². The van der Waals surface area contributed by atoms with E-state index in [4.69, 9.17) is 5.73 Å². The number of hydrogen-bond acceptors (Lipinski definition) is 3. The van der Waals surface area contributed by atoms with E-state index in [0.29, 0.717) is 12.1 Å². The minimum Gasteiger partial charge on any atom is -0.435 e. The Labute approximate surface area is 128 Å². The highest BCUT2D eigenvalue weighted by Gasteiger charge is 2.26. The van der Waals surface area contributed by atoms with Crippen LogP contribution in [0.25, 0.3) is 0 Å². The molecule has 0 saturated heterocycles. The van der Waals surface area contributed by atoms with Gasteiger partial charge in [-0.15, -0.1) is 12.4 Å². The average Bonchev–Trinajstić information content (AvgIpc) is 2.74. The zero-order chi connectivity index (χ0) is 14.5. The molecule has 1 aromatic carbocycles. The molecule has 1 amide bonds. The lowest BCUT2D eigenvalue weighted by Crippen LogP contribution is -2.28. The molecule has 1 aliphatic rings. The first-order chi connectivity index (χ1) is 9.54. The third-order valence-electron chi connectivity index (χ3n) is 3.51. The molecule has 0 spiro atoms. The molecule has 1 aromatic rings. The Kier molecular flexibility index (Phi) is 6.84. The molecule has 1 saturated carbocycles. The maximum atomic E-state index is 12.1. The topological polar surface area (TPSA) is 64.4 Å². The first-order valence-corrected chi connectivity index (χ1v) is 6.65. The Morgan fingerprint density at radius 2 is 2.19 bits per heavy atom. The molecule has 7 heteroatoms. The van der Waals surface area contributed by atoms with E-state index in [1.807, 2.05) is 0 Å². The molecule has 0 bridgehead atoms. The lowest BCUT2D eigenvalue weighted by atomic mass is 10.00. The summed E-state index contributed by atoms with van der Waals surface area (Å²) in [6.07, 6.45) is 3.33. The van der Waals surface area contributed by atoms with Gasteiger partial charge in [0.05, 0.1) is 0 Å². The van der Waals surface area contributed by atoms with Gasteiger partial charge in [-0.1, -0.05) is 12.5 Å². The van der Waals surface area contributed by atoms with E-state index in [1.54, 1.807) is 12.1 Å². The van der Waals surface area contributed by atoms with Gasteiger partial charge in [0.1, 0.15) is 5.75 Å². The molecule has 0 aromatic heterocycles. The highest BCUT2D eigenvalue weighted by Crippen LogP contribution is 2.27. The minimum absolute atomic E-state index is 0. The summed E-state index contributed by atoms with van der Waals surface area (Å²) in [5, 5.41) is 2.68. The predicted octanol–water partition coefficient (Wildman–Crippen LogP) is 3.17. The van der Waals surface area contributed by atoms with E-state index in [2.05, 4.69) is 10.1 Å². The molecule has 4 nitrogen and oxygen atoms in total. The number of rotatable bonds is 5. The standard InChI is InChI=1S/C14H18F2N2O2.ClH/c15-14(16)20-11-5-2-4-10(8-11)18-13(19)7-9-3-1-6-12(9)17;/h2,4-5,8-9,12,14H,1,3,6-7,17H2,(H,18,19);1H/t9-,12+;/m0./s1. The number of alkyl halides is 2. The number of anilines is 1.